The second-order valence-electron chi connectivity index (χ2n) is 2.43. The van der Waals surface area contributed by atoms with Crippen molar-refractivity contribution in [2.75, 3.05) is 0 Å². The van der Waals surface area contributed by atoms with Crippen LogP contribution in [0.3, 0.4) is 0 Å². The molecule has 0 aliphatic heterocycles. The van der Waals surface area contributed by atoms with Crippen LogP contribution in [0, 0.1) is 0 Å². The maximum absolute atomic E-state index is 11.8. The van der Waals surface area contributed by atoms with E-state index in [1.54, 1.807) is 0 Å². The molecule has 1 aromatic rings. The molecular weight excluding hydrogens is 187 g/mol. The molecule has 0 N–H and O–H groups in total. The maximum atomic E-state index is 11.8. The van der Waals surface area contributed by atoms with Gasteiger partial charge < -0.3 is 0 Å². The predicted octanol–water partition coefficient (Wildman–Crippen LogP) is 1.04. The van der Waals surface area contributed by atoms with E-state index in [4.69, 9.17) is 0 Å². The molecule has 0 bridgehead atoms. The van der Waals surface area contributed by atoms with E-state index in [2.05, 4.69) is 10.2 Å². The van der Waals surface area contributed by atoms with Crippen LogP contribution < -0.4 is 0 Å². The van der Waals surface area contributed by atoms with Crippen molar-refractivity contribution in [3.63, 3.8) is 0 Å². The first kappa shape index (κ1) is 9.69. The molecule has 0 radical (unpaired) electrons. The minimum Gasteiger partial charge on any atom is -0.293 e. The number of hydrogen-bond acceptors (Lipinski definition) is 3. The summed E-state index contributed by atoms with van der Waals surface area (Å²) in [5, 5.41) is 6.62. The second kappa shape index (κ2) is 3.15. The molecule has 0 saturated heterocycles. The van der Waals surface area contributed by atoms with Gasteiger partial charge in [-0.3, -0.25) is 4.79 Å². The summed E-state index contributed by atoms with van der Waals surface area (Å²) in [4.78, 5) is 11.1. The van der Waals surface area contributed by atoms with Crippen LogP contribution in [0.15, 0.2) is 6.20 Å². The van der Waals surface area contributed by atoms with Gasteiger partial charge in [0.25, 0.3) is 0 Å². The summed E-state index contributed by atoms with van der Waals surface area (Å²) in [5.74, 6) is -0.409. The Hall–Kier alpha value is -1.40. The summed E-state index contributed by atoms with van der Waals surface area (Å²) < 4.78 is 35.3. The first-order valence-corrected chi connectivity index (χ1v) is 3.36. The molecular formula is C6H6F3N3O. The molecule has 0 spiro atoms. The van der Waals surface area contributed by atoms with Gasteiger partial charge in [-0.05, 0) is 0 Å². The van der Waals surface area contributed by atoms with Gasteiger partial charge in [-0.15, -0.1) is 5.10 Å². The van der Waals surface area contributed by atoms with Gasteiger partial charge in [0.05, 0.1) is 6.20 Å². The molecule has 0 atom stereocenters. The van der Waals surface area contributed by atoms with Gasteiger partial charge in [-0.2, -0.15) is 23.1 Å². The van der Waals surface area contributed by atoms with Gasteiger partial charge in [-0.25, -0.2) is 0 Å². The number of carbonyl (C=O) groups is 1. The van der Waals surface area contributed by atoms with Crippen LogP contribution >= 0.6 is 0 Å². The summed E-state index contributed by atoms with van der Waals surface area (Å²) in [5.41, 5.74) is -0.0655. The minimum absolute atomic E-state index is 0.0655. The monoisotopic (exact) mass is 193 g/mol. The van der Waals surface area contributed by atoms with Crippen LogP contribution in [0.5, 0.6) is 0 Å². The molecule has 0 aliphatic rings. The zero-order valence-electron chi connectivity index (χ0n) is 6.67. The van der Waals surface area contributed by atoms with Crippen LogP contribution in [-0.2, 0) is 6.54 Å². The van der Waals surface area contributed by atoms with E-state index >= 15 is 0 Å². The number of hydrogen-bond donors (Lipinski definition) is 0. The zero-order chi connectivity index (χ0) is 10.1. The third kappa shape index (κ3) is 2.85. The molecule has 1 rings (SSSR count). The van der Waals surface area contributed by atoms with Gasteiger partial charge >= 0.3 is 6.18 Å². The minimum atomic E-state index is -4.37. The number of nitrogens with zero attached hydrogens (tertiary/aromatic N) is 3. The zero-order valence-corrected chi connectivity index (χ0v) is 6.67. The highest BCUT2D eigenvalue weighted by Gasteiger charge is 2.29. The molecule has 0 saturated carbocycles. The molecule has 0 amide bonds. The molecule has 72 valence electrons. The first-order valence-electron chi connectivity index (χ1n) is 3.36. The van der Waals surface area contributed by atoms with E-state index in [1.165, 1.54) is 6.92 Å². The van der Waals surface area contributed by atoms with Crippen molar-refractivity contribution < 1.29 is 18.0 Å². The van der Waals surface area contributed by atoms with Crippen molar-refractivity contribution in [3.05, 3.63) is 11.9 Å². The number of ketones is 1. The van der Waals surface area contributed by atoms with Gasteiger partial charge in [-0.1, -0.05) is 0 Å². The lowest BCUT2D eigenvalue weighted by Gasteiger charge is -2.03. The molecule has 0 unspecified atom stereocenters. The number of alkyl halides is 3. The van der Waals surface area contributed by atoms with E-state index in [9.17, 15) is 18.0 Å². The Morgan fingerprint density at radius 1 is 1.62 bits per heavy atom. The molecule has 1 heterocycles. The maximum Gasteiger partial charge on any atom is 0.409 e. The van der Waals surface area contributed by atoms with Crippen molar-refractivity contribution in [1.29, 1.82) is 0 Å². The van der Waals surface area contributed by atoms with E-state index in [1.807, 2.05) is 0 Å². The van der Waals surface area contributed by atoms with E-state index in [0.717, 1.165) is 6.20 Å². The van der Waals surface area contributed by atoms with Crippen molar-refractivity contribution in [2.45, 2.75) is 19.6 Å². The summed E-state index contributed by atoms with van der Waals surface area (Å²) in [6.07, 6.45) is -3.36. The third-order valence-corrected chi connectivity index (χ3v) is 1.22. The Morgan fingerprint density at radius 3 is 2.62 bits per heavy atom. The fourth-order valence-corrected chi connectivity index (χ4v) is 0.695. The van der Waals surface area contributed by atoms with Crippen LogP contribution in [0.4, 0.5) is 13.2 Å². The number of Topliss-reactive ketones (excluding diaryl/α,β-unsaturated/α-hetero) is 1. The van der Waals surface area contributed by atoms with Crippen LogP contribution in [0.2, 0.25) is 0 Å². The van der Waals surface area contributed by atoms with E-state index in [-0.39, 0.29) is 5.69 Å². The largest absolute Gasteiger partial charge is 0.409 e. The second-order valence-corrected chi connectivity index (χ2v) is 2.43. The highest BCUT2D eigenvalue weighted by atomic mass is 19.4. The average molecular weight is 193 g/mol. The van der Waals surface area contributed by atoms with Gasteiger partial charge in [0.2, 0.25) is 0 Å². The fourth-order valence-electron chi connectivity index (χ4n) is 0.695. The molecule has 0 fully saturated rings. The fraction of sp³-hybridized carbons (Fsp3) is 0.500. The van der Waals surface area contributed by atoms with Crippen LogP contribution in [-0.4, -0.2) is 27.0 Å². The standard InChI is InChI=1S/C6H6F3N3O/c1-4(13)5-2-10-12(11-5)3-6(7,8)9/h2H,3H2,1H3. The molecule has 13 heavy (non-hydrogen) atoms. The number of carbonyl (C=O) groups excluding carboxylic acids is 1. The van der Waals surface area contributed by atoms with E-state index < -0.39 is 18.5 Å². The smallest absolute Gasteiger partial charge is 0.293 e. The summed E-state index contributed by atoms with van der Waals surface area (Å²) in [6.45, 7) is -0.0672. The third-order valence-electron chi connectivity index (χ3n) is 1.22. The van der Waals surface area contributed by atoms with E-state index in [0.29, 0.717) is 4.80 Å². The first-order chi connectivity index (χ1) is 5.88. The number of aromatic nitrogens is 3. The quantitative estimate of drug-likeness (QED) is 0.659. The SMILES string of the molecule is CC(=O)c1cnn(CC(F)(F)F)n1. The molecule has 0 aromatic carbocycles. The van der Waals surface area contributed by atoms with Crippen molar-refractivity contribution >= 4 is 5.78 Å². The average Bonchev–Trinajstić information content (AvgIpc) is 2.31. The summed E-state index contributed by atoms with van der Waals surface area (Å²) in [7, 11) is 0. The Labute approximate surface area is 71.3 Å². The highest BCUT2D eigenvalue weighted by molar-refractivity contribution is 5.91. The van der Waals surface area contributed by atoms with Crippen molar-refractivity contribution in [1.82, 2.24) is 15.0 Å². The molecule has 4 nitrogen and oxygen atoms in total. The summed E-state index contributed by atoms with van der Waals surface area (Å²) >= 11 is 0. The lowest BCUT2D eigenvalue weighted by Crippen LogP contribution is -2.19. The molecule has 1 aromatic heterocycles. The predicted molar refractivity (Wildman–Crippen MR) is 36.1 cm³/mol. The Kier molecular flexibility index (Phi) is 2.35. The van der Waals surface area contributed by atoms with Crippen molar-refractivity contribution in [2.24, 2.45) is 0 Å². The van der Waals surface area contributed by atoms with Crippen molar-refractivity contribution in [3.8, 4) is 0 Å². The molecule has 0 aliphatic carbocycles. The number of halogens is 3. The van der Waals surface area contributed by atoms with Gasteiger partial charge in [0.1, 0.15) is 5.69 Å². The Balaban J connectivity index is 2.75. The van der Waals surface area contributed by atoms with Gasteiger partial charge in [0, 0.05) is 6.92 Å². The lowest BCUT2D eigenvalue weighted by molar-refractivity contribution is -0.144. The lowest BCUT2D eigenvalue weighted by atomic mass is 10.3. The topological polar surface area (TPSA) is 47.8 Å². The van der Waals surface area contributed by atoms with Crippen LogP contribution in [0.25, 0.3) is 0 Å². The normalized spacial score (nSPS) is 11.7. The Bertz CT molecular complexity index is 317. The highest BCUT2D eigenvalue weighted by Crippen LogP contribution is 2.16. The molecule has 7 heteroatoms. The number of rotatable bonds is 2. The van der Waals surface area contributed by atoms with Gasteiger partial charge in [0.15, 0.2) is 12.3 Å². The van der Waals surface area contributed by atoms with Crippen LogP contribution in [0.1, 0.15) is 17.4 Å². The summed E-state index contributed by atoms with van der Waals surface area (Å²) in [6, 6.07) is 0. The Morgan fingerprint density at radius 2 is 2.23 bits per heavy atom.